The third-order valence-electron chi connectivity index (χ3n) is 3.04. The van der Waals surface area contributed by atoms with Crippen molar-refractivity contribution in [1.82, 2.24) is 4.98 Å². The molecule has 3 heteroatoms. The Labute approximate surface area is 101 Å². The molecule has 17 heavy (non-hydrogen) atoms. The Morgan fingerprint density at radius 2 is 2.12 bits per heavy atom. The van der Waals surface area contributed by atoms with Crippen molar-refractivity contribution in [2.75, 3.05) is 7.11 Å². The molecule has 0 aliphatic rings. The Morgan fingerprint density at radius 3 is 2.76 bits per heavy atom. The second-order valence-electron chi connectivity index (χ2n) is 4.28. The van der Waals surface area contributed by atoms with Gasteiger partial charge in [-0.15, -0.1) is 0 Å². The maximum absolute atomic E-state index is 8.70. The SMILES string of the molecule is COc1cc(C)cc2c(CCC#N)c(C)[nH]c12. The fraction of sp³-hybridized carbons (Fsp3) is 0.357. The van der Waals surface area contributed by atoms with Gasteiger partial charge in [0.25, 0.3) is 0 Å². The van der Waals surface area contributed by atoms with Crippen molar-refractivity contribution >= 4 is 10.9 Å². The van der Waals surface area contributed by atoms with Gasteiger partial charge in [0.2, 0.25) is 0 Å². The third-order valence-corrected chi connectivity index (χ3v) is 3.04. The van der Waals surface area contributed by atoms with Gasteiger partial charge in [0, 0.05) is 17.5 Å². The number of H-pyrrole nitrogens is 1. The lowest BCUT2D eigenvalue weighted by molar-refractivity contribution is 0.418. The summed E-state index contributed by atoms with van der Waals surface area (Å²) < 4.78 is 5.38. The van der Waals surface area contributed by atoms with Crippen LogP contribution in [0.3, 0.4) is 0 Å². The molecular weight excluding hydrogens is 212 g/mol. The van der Waals surface area contributed by atoms with E-state index in [0.717, 1.165) is 23.4 Å². The zero-order valence-corrected chi connectivity index (χ0v) is 10.4. The number of nitrogens with one attached hydrogen (secondary N) is 1. The molecule has 0 fully saturated rings. The standard InChI is InChI=1S/C14H16N2O/c1-9-7-12-11(5-4-6-15)10(2)16-14(12)13(8-9)17-3/h7-8,16H,4-5H2,1-3H3. The van der Waals surface area contributed by atoms with Gasteiger partial charge in [0.15, 0.2) is 0 Å². The number of methoxy groups -OCH3 is 1. The summed E-state index contributed by atoms with van der Waals surface area (Å²) in [4.78, 5) is 3.35. The number of nitrogens with zero attached hydrogens (tertiary/aromatic N) is 1. The molecule has 1 heterocycles. The lowest BCUT2D eigenvalue weighted by Crippen LogP contribution is -1.87. The summed E-state index contributed by atoms with van der Waals surface area (Å²) in [5.74, 6) is 0.867. The first-order valence-corrected chi connectivity index (χ1v) is 5.70. The van der Waals surface area contributed by atoms with E-state index in [1.165, 1.54) is 16.5 Å². The Balaban J connectivity index is 2.64. The molecule has 3 nitrogen and oxygen atoms in total. The van der Waals surface area contributed by atoms with Gasteiger partial charge < -0.3 is 9.72 Å². The van der Waals surface area contributed by atoms with Crippen LogP contribution in [0.15, 0.2) is 12.1 Å². The van der Waals surface area contributed by atoms with Crippen LogP contribution in [0, 0.1) is 25.2 Å². The Morgan fingerprint density at radius 1 is 1.35 bits per heavy atom. The van der Waals surface area contributed by atoms with Crippen molar-refractivity contribution in [1.29, 1.82) is 5.26 Å². The topological polar surface area (TPSA) is 48.8 Å². The summed E-state index contributed by atoms with van der Waals surface area (Å²) in [6, 6.07) is 6.36. The van der Waals surface area contributed by atoms with E-state index in [4.69, 9.17) is 10.00 Å². The smallest absolute Gasteiger partial charge is 0.143 e. The van der Waals surface area contributed by atoms with Crippen molar-refractivity contribution in [3.8, 4) is 11.8 Å². The second kappa shape index (κ2) is 4.50. The van der Waals surface area contributed by atoms with Crippen LogP contribution in [-0.4, -0.2) is 12.1 Å². The first-order chi connectivity index (χ1) is 8.17. The molecule has 0 atom stereocenters. The summed E-state index contributed by atoms with van der Waals surface area (Å²) in [5, 5.41) is 9.87. The van der Waals surface area contributed by atoms with Crippen molar-refractivity contribution in [3.05, 3.63) is 29.0 Å². The molecule has 0 unspecified atom stereocenters. The molecular formula is C14H16N2O. The van der Waals surface area contributed by atoms with Gasteiger partial charge in [0.05, 0.1) is 18.7 Å². The van der Waals surface area contributed by atoms with Crippen molar-refractivity contribution in [2.45, 2.75) is 26.7 Å². The monoisotopic (exact) mass is 228 g/mol. The molecule has 2 aromatic rings. The molecule has 0 bridgehead atoms. The van der Waals surface area contributed by atoms with Gasteiger partial charge >= 0.3 is 0 Å². The van der Waals surface area contributed by atoms with Crippen LogP contribution in [0.25, 0.3) is 10.9 Å². The molecule has 0 radical (unpaired) electrons. The average molecular weight is 228 g/mol. The molecule has 0 saturated heterocycles. The lowest BCUT2D eigenvalue weighted by atomic mass is 10.0. The third kappa shape index (κ3) is 1.99. The molecule has 88 valence electrons. The molecule has 0 saturated carbocycles. The van der Waals surface area contributed by atoms with Crippen LogP contribution in [0.1, 0.15) is 23.2 Å². The van der Waals surface area contributed by atoms with Crippen LogP contribution in [0.2, 0.25) is 0 Å². The Kier molecular flexibility index (Phi) is 3.06. The summed E-state index contributed by atoms with van der Waals surface area (Å²) in [7, 11) is 1.68. The first-order valence-electron chi connectivity index (χ1n) is 5.70. The van der Waals surface area contributed by atoms with Gasteiger partial charge in [-0.1, -0.05) is 0 Å². The predicted octanol–water partition coefficient (Wildman–Crippen LogP) is 3.25. The fourth-order valence-electron chi connectivity index (χ4n) is 2.25. The minimum atomic E-state index is 0.546. The molecule has 0 aliphatic carbocycles. The van der Waals surface area contributed by atoms with E-state index in [1.54, 1.807) is 7.11 Å². The number of aromatic nitrogens is 1. The van der Waals surface area contributed by atoms with Crippen LogP contribution in [-0.2, 0) is 6.42 Å². The summed E-state index contributed by atoms with van der Waals surface area (Å²) >= 11 is 0. The summed E-state index contributed by atoms with van der Waals surface area (Å²) in [5.41, 5.74) is 4.55. The molecule has 0 amide bonds. The van der Waals surface area contributed by atoms with E-state index >= 15 is 0 Å². The number of aryl methyl sites for hydroxylation is 3. The second-order valence-corrected chi connectivity index (χ2v) is 4.28. The highest BCUT2D eigenvalue weighted by atomic mass is 16.5. The largest absolute Gasteiger partial charge is 0.495 e. The van der Waals surface area contributed by atoms with Crippen LogP contribution in [0.4, 0.5) is 0 Å². The number of rotatable bonds is 3. The molecule has 1 aromatic carbocycles. The quantitative estimate of drug-likeness (QED) is 0.876. The van der Waals surface area contributed by atoms with Gasteiger partial charge in [0.1, 0.15) is 5.75 Å². The highest BCUT2D eigenvalue weighted by Gasteiger charge is 2.12. The van der Waals surface area contributed by atoms with Gasteiger partial charge in [-0.2, -0.15) is 5.26 Å². The maximum Gasteiger partial charge on any atom is 0.143 e. The number of nitriles is 1. The number of fused-ring (bicyclic) bond motifs is 1. The average Bonchev–Trinajstić information content (AvgIpc) is 2.62. The highest BCUT2D eigenvalue weighted by molar-refractivity contribution is 5.90. The molecule has 1 N–H and O–H groups in total. The number of benzene rings is 1. The van der Waals surface area contributed by atoms with Gasteiger partial charge in [-0.3, -0.25) is 0 Å². The fourth-order valence-corrected chi connectivity index (χ4v) is 2.25. The summed E-state index contributed by atoms with van der Waals surface area (Å²) in [6.45, 7) is 4.10. The van der Waals surface area contributed by atoms with Crippen molar-refractivity contribution in [2.24, 2.45) is 0 Å². The number of hydrogen-bond donors (Lipinski definition) is 1. The zero-order valence-electron chi connectivity index (χ0n) is 10.4. The van der Waals surface area contributed by atoms with E-state index < -0.39 is 0 Å². The number of hydrogen-bond acceptors (Lipinski definition) is 2. The van der Waals surface area contributed by atoms with Crippen molar-refractivity contribution < 1.29 is 4.74 Å². The molecule has 0 spiro atoms. The number of aromatic amines is 1. The molecule has 2 rings (SSSR count). The lowest BCUT2D eigenvalue weighted by Gasteiger charge is -2.04. The van der Waals surface area contributed by atoms with Crippen LogP contribution < -0.4 is 4.74 Å². The number of ether oxygens (including phenoxy) is 1. The molecule has 0 aliphatic heterocycles. The van der Waals surface area contributed by atoms with Gasteiger partial charge in [-0.25, -0.2) is 0 Å². The minimum absolute atomic E-state index is 0.546. The van der Waals surface area contributed by atoms with Gasteiger partial charge in [-0.05, 0) is 43.5 Å². The Hall–Kier alpha value is -1.95. The Bertz CT molecular complexity index is 590. The van der Waals surface area contributed by atoms with E-state index in [9.17, 15) is 0 Å². The maximum atomic E-state index is 8.70. The van der Waals surface area contributed by atoms with E-state index in [-0.39, 0.29) is 0 Å². The van der Waals surface area contributed by atoms with Crippen LogP contribution >= 0.6 is 0 Å². The first kappa shape index (κ1) is 11.5. The zero-order chi connectivity index (χ0) is 12.4. The summed E-state index contributed by atoms with van der Waals surface area (Å²) in [6.07, 6.45) is 1.33. The van der Waals surface area contributed by atoms with Crippen molar-refractivity contribution in [3.63, 3.8) is 0 Å². The minimum Gasteiger partial charge on any atom is -0.495 e. The van der Waals surface area contributed by atoms with E-state index in [1.807, 2.05) is 13.0 Å². The predicted molar refractivity (Wildman–Crippen MR) is 68.3 cm³/mol. The van der Waals surface area contributed by atoms with Crippen LogP contribution in [0.5, 0.6) is 5.75 Å². The normalized spacial score (nSPS) is 10.5. The highest BCUT2D eigenvalue weighted by Crippen LogP contribution is 2.31. The molecule has 1 aromatic heterocycles. The van der Waals surface area contributed by atoms with E-state index in [2.05, 4.69) is 24.0 Å². The van der Waals surface area contributed by atoms with E-state index in [0.29, 0.717) is 6.42 Å².